The molecule has 0 aliphatic rings. The lowest BCUT2D eigenvalue weighted by molar-refractivity contribution is 0.0792. The van der Waals surface area contributed by atoms with Crippen molar-refractivity contribution < 1.29 is 18.7 Å². The number of carbonyl (C=O) groups is 2. The van der Waals surface area contributed by atoms with Gasteiger partial charge in [0.15, 0.2) is 5.78 Å². The van der Waals surface area contributed by atoms with Gasteiger partial charge < -0.3 is 19.4 Å². The predicted octanol–water partition coefficient (Wildman–Crippen LogP) is 9.24. The summed E-state index contributed by atoms with van der Waals surface area (Å²) >= 11 is 0. The highest BCUT2D eigenvalue weighted by Crippen LogP contribution is 2.41. The maximum atomic E-state index is 13.5. The fourth-order valence-electron chi connectivity index (χ4n) is 5.80. The maximum absolute atomic E-state index is 13.5. The molecule has 1 amide bonds. The number of rotatable bonds is 14. The summed E-state index contributed by atoms with van der Waals surface area (Å²) in [7, 11) is 0. The largest absolute Gasteiger partial charge is 0.455 e. The predicted molar refractivity (Wildman–Crippen MR) is 188 cm³/mol. The lowest BCUT2D eigenvalue weighted by Crippen LogP contribution is -2.37. The Bertz CT molecular complexity index is 1790. The number of ether oxygens (including phenoxy) is 1. The molecule has 1 aromatic heterocycles. The van der Waals surface area contributed by atoms with Crippen molar-refractivity contribution in [1.82, 2.24) is 5.32 Å². The summed E-state index contributed by atoms with van der Waals surface area (Å²) < 4.78 is 12.4. The molecule has 6 nitrogen and oxygen atoms in total. The standard InChI is InChI=1S/C40H44N2O4/c1-6-32(26-45-25-28-14-11-10-12-15-28)41-40(44)31-17-13-16-30(22-31)33-23-34-37(24-35(33)42(8-3)9-4)46-39(38(34)36(43)7-2)29-20-18-27(5)19-21-29/h10-24,32H,6-9,25-26H2,1-5H3,(H,41,44)/t32-/m1/s1. The number of nitrogens with zero attached hydrogens (tertiary/aromatic N) is 1. The molecule has 0 spiro atoms. The molecule has 0 unspecified atom stereocenters. The number of hydrogen-bond acceptors (Lipinski definition) is 5. The third-order valence-corrected chi connectivity index (χ3v) is 8.52. The number of carbonyl (C=O) groups excluding carboxylic acids is 2. The Morgan fingerprint density at radius 2 is 1.59 bits per heavy atom. The number of fused-ring (bicyclic) bond motifs is 1. The van der Waals surface area contributed by atoms with Crippen molar-refractivity contribution in [3.63, 3.8) is 0 Å². The van der Waals surface area contributed by atoms with Crippen molar-refractivity contribution in [3.05, 3.63) is 113 Å². The Balaban J connectivity index is 1.51. The first-order chi connectivity index (χ1) is 22.4. The Kier molecular flexibility index (Phi) is 10.7. The summed E-state index contributed by atoms with van der Waals surface area (Å²) in [6, 6.07) is 29.8. The Morgan fingerprint density at radius 3 is 2.26 bits per heavy atom. The van der Waals surface area contributed by atoms with E-state index in [0.29, 0.717) is 42.1 Å². The van der Waals surface area contributed by atoms with Gasteiger partial charge in [0.05, 0.1) is 24.8 Å². The monoisotopic (exact) mass is 616 g/mol. The molecule has 0 fully saturated rings. The molecule has 0 aliphatic heterocycles. The molecule has 0 saturated heterocycles. The molecule has 6 heteroatoms. The zero-order valence-corrected chi connectivity index (χ0v) is 27.6. The van der Waals surface area contributed by atoms with Gasteiger partial charge in [-0.05, 0) is 56.5 Å². The minimum absolute atomic E-state index is 0.0316. The van der Waals surface area contributed by atoms with Gasteiger partial charge in [0.1, 0.15) is 11.3 Å². The van der Waals surface area contributed by atoms with Gasteiger partial charge in [-0.1, -0.05) is 86.1 Å². The molecular weight excluding hydrogens is 572 g/mol. The fourth-order valence-corrected chi connectivity index (χ4v) is 5.80. The number of amides is 1. The van der Waals surface area contributed by atoms with Gasteiger partial charge in [0.2, 0.25) is 0 Å². The van der Waals surface area contributed by atoms with E-state index < -0.39 is 0 Å². The van der Waals surface area contributed by atoms with Crippen LogP contribution < -0.4 is 10.2 Å². The van der Waals surface area contributed by atoms with Gasteiger partial charge in [-0.15, -0.1) is 0 Å². The maximum Gasteiger partial charge on any atom is 0.251 e. The summed E-state index contributed by atoms with van der Waals surface area (Å²) in [6.45, 7) is 12.7. The first kappa shape index (κ1) is 32.7. The Morgan fingerprint density at radius 1 is 0.848 bits per heavy atom. The third kappa shape index (κ3) is 7.24. The first-order valence-electron chi connectivity index (χ1n) is 16.3. The van der Waals surface area contributed by atoms with Crippen LogP contribution in [-0.4, -0.2) is 37.4 Å². The van der Waals surface area contributed by atoms with Gasteiger partial charge in [-0.25, -0.2) is 0 Å². The molecule has 0 bridgehead atoms. The van der Waals surface area contributed by atoms with Gasteiger partial charge in [0.25, 0.3) is 5.91 Å². The van der Waals surface area contributed by atoms with Crippen molar-refractivity contribution in [1.29, 1.82) is 0 Å². The van der Waals surface area contributed by atoms with Gasteiger partial charge >= 0.3 is 0 Å². The minimum Gasteiger partial charge on any atom is -0.455 e. The van der Waals surface area contributed by atoms with Crippen LogP contribution in [0.25, 0.3) is 33.4 Å². The van der Waals surface area contributed by atoms with Crippen molar-refractivity contribution in [2.75, 3.05) is 24.6 Å². The van der Waals surface area contributed by atoms with Gasteiger partial charge in [0, 0.05) is 53.3 Å². The molecule has 4 aromatic carbocycles. The Hall–Kier alpha value is -4.68. The van der Waals surface area contributed by atoms with Gasteiger partial charge in [-0.2, -0.15) is 0 Å². The van der Waals surface area contributed by atoms with Crippen molar-refractivity contribution >= 4 is 28.3 Å². The second-order valence-corrected chi connectivity index (χ2v) is 11.6. The smallest absolute Gasteiger partial charge is 0.251 e. The number of Topliss-reactive ketones (excluding diaryl/α,β-unsaturated/α-hetero) is 1. The quantitative estimate of drug-likeness (QED) is 0.126. The number of anilines is 1. The highest BCUT2D eigenvalue weighted by Gasteiger charge is 2.24. The van der Waals surface area contributed by atoms with Crippen LogP contribution in [-0.2, 0) is 11.3 Å². The lowest BCUT2D eigenvalue weighted by Gasteiger charge is -2.24. The van der Waals surface area contributed by atoms with Crippen LogP contribution in [0.15, 0.2) is 95.4 Å². The summed E-state index contributed by atoms with van der Waals surface area (Å²) in [4.78, 5) is 29.2. The number of ketones is 1. The van der Waals surface area contributed by atoms with E-state index in [1.165, 1.54) is 0 Å². The van der Waals surface area contributed by atoms with Crippen LogP contribution in [0, 0.1) is 6.92 Å². The minimum atomic E-state index is -0.144. The van der Waals surface area contributed by atoms with Crippen molar-refractivity contribution in [2.45, 2.75) is 60.1 Å². The van der Waals surface area contributed by atoms with E-state index in [-0.39, 0.29) is 17.7 Å². The number of furan rings is 1. The molecule has 1 atom stereocenters. The summed E-state index contributed by atoms with van der Waals surface area (Å²) in [5.74, 6) is 0.482. The van der Waals surface area contributed by atoms with E-state index in [1.807, 2.05) is 106 Å². The molecule has 238 valence electrons. The summed E-state index contributed by atoms with van der Waals surface area (Å²) in [6.07, 6.45) is 1.12. The molecule has 46 heavy (non-hydrogen) atoms. The highest BCUT2D eigenvalue weighted by molar-refractivity contribution is 6.13. The fraction of sp³-hybridized carbons (Fsp3) is 0.300. The molecule has 0 aliphatic carbocycles. The van der Waals surface area contributed by atoms with E-state index >= 15 is 0 Å². The van der Waals surface area contributed by atoms with Crippen molar-refractivity contribution in [2.24, 2.45) is 0 Å². The topological polar surface area (TPSA) is 71.8 Å². The molecule has 0 radical (unpaired) electrons. The van der Waals surface area contributed by atoms with E-state index in [2.05, 4.69) is 30.1 Å². The number of benzene rings is 4. The van der Waals surface area contributed by atoms with E-state index in [0.717, 1.165) is 58.4 Å². The van der Waals surface area contributed by atoms with E-state index in [4.69, 9.17) is 9.15 Å². The lowest BCUT2D eigenvalue weighted by atomic mass is 9.95. The van der Waals surface area contributed by atoms with Gasteiger partial charge in [-0.3, -0.25) is 9.59 Å². The summed E-state index contributed by atoms with van der Waals surface area (Å²) in [5, 5.41) is 3.94. The molecule has 5 aromatic rings. The van der Waals surface area contributed by atoms with E-state index in [1.54, 1.807) is 0 Å². The third-order valence-electron chi connectivity index (χ3n) is 8.52. The second-order valence-electron chi connectivity index (χ2n) is 11.6. The van der Waals surface area contributed by atoms with Crippen LogP contribution in [0.4, 0.5) is 5.69 Å². The average Bonchev–Trinajstić information content (AvgIpc) is 3.47. The van der Waals surface area contributed by atoms with Crippen LogP contribution >= 0.6 is 0 Å². The first-order valence-corrected chi connectivity index (χ1v) is 16.3. The van der Waals surface area contributed by atoms with Crippen LogP contribution in [0.5, 0.6) is 0 Å². The van der Waals surface area contributed by atoms with Crippen LogP contribution in [0.2, 0.25) is 0 Å². The molecule has 0 saturated carbocycles. The molecule has 1 heterocycles. The van der Waals surface area contributed by atoms with Crippen molar-refractivity contribution in [3.8, 4) is 22.5 Å². The summed E-state index contributed by atoms with van der Waals surface area (Å²) in [5.41, 5.74) is 7.81. The number of hydrogen-bond donors (Lipinski definition) is 1. The molecule has 5 rings (SSSR count). The molecule has 1 N–H and O–H groups in total. The zero-order valence-electron chi connectivity index (χ0n) is 27.6. The SMILES string of the molecule is CCC(=O)c1c(-c2ccc(C)cc2)oc2cc(N(CC)CC)c(-c3cccc(C(=O)N[C@H](CC)COCc4ccccc4)c3)cc12. The Labute approximate surface area is 272 Å². The highest BCUT2D eigenvalue weighted by atomic mass is 16.5. The zero-order chi connectivity index (χ0) is 32.6. The number of aryl methyl sites for hydroxylation is 1. The number of nitrogens with one attached hydrogen (secondary N) is 1. The van der Waals surface area contributed by atoms with E-state index in [9.17, 15) is 9.59 Å². The molecular formula is C40H44N2O4. The normalized spacial score (nSPS) is 11.8. The second kappa shape index (κ2) is 15.1. The van der Waals surface area contributed by atoms with Crippen LogP contribution in [0.3, 0.4) is 0 Å². The average molecular weight is 617 g/mol. The van der Waals surface area contributed by atoms with Crippen LogP contribution in [0.1, 0.15) is 72.4 Å².